The minimum absolute atomic E-state index is 0.0372. The van der Waals surface area contributed by atoms with E-state index in [0.29, 0.717) is 80.6 Å². The summed E-state index contributed by atoms with van der Waals surface area (Å²) in [5.74, 6) is -0.109. The number of benzene rings is 1. The van der Waals surface area contributed by atoms with Gasteiger partial charge in [-0.2, -0.15) is 0 Å². The number of thiazole rings is 1. The van der Waals surface area contributed by atoms with E-state index in [1.807, 2.05) is 17.9 Å². The van der Waals surface area contributed by atoms with Gasteiger partial charge in [0.2, 0.25) is 17.7 Å². The van der Waals surface area contributed by atoms with Crippen molar-refractivity contribution in [3.05, 3.63) is 52.3 Å². The minimum Gasteiger partial charge on any atom is -0.368 e. The first-order valence-corrected chi connectivity index (χ1v) is 17.3. The van der Waals surface area contributed by atoms with Gasteiger partial charge in [-0.3, -0.25) is 43.9 Å². The number of aryl methyl sites for hydroxylation is 1. The van der Waals surface area contributed by atoms with Crippen LogP contribution in [0.4, 0.5) is 22.5 Å². The third kappa shape index (κ3) is 6.65. The number of piperidine rings is 1. The number of carbonyl (C=O) groups is 6. The normalized spacial score (nSPS) is 19.9. The minimum atomic E-state index is -1.01. The van der Waals surface area contributed by atoms with E-state index in [4.69, 9.17) is 0 Å². The number of carbonyl (C=O) groups excluding carboxylic acids is 6. The standard InChI is InChI=1S/C33H36N10O6S/c1-19(44)25-17-34-33(50-25)37-26-16-27(36-20(2)35-26)41-9-7-39(8-10-41)18-29(46)42-13-11-40(12-14-42)21-3-4-22-23(15-21)32(49)43(31(22)48)24-5-6-28(45)38-30(24)47/h3-4,15-17,24H,5-14,18H2,1-2H3,(H,38,45,47)(H,34,35,36,37). The zero-order valence-electron chi connectivity index (χ0n) is 27.7. The molecule has 3 saturated heterocycles. The maximum absolute atomic E-state index is 13.3. The lowest BCUT2D eigenvalue weighted by Gasteiger charge is -2.39. The molecule has 0 spiro atoms. The smallest absolute Gasteiger partial charge is 0.262 e. The van der Waals surface area contributed by atoms with E-state index in [2.05, 4.69) is 40.3 Å². The fourth-order valence-corrected chi connectivity index (χ4v) is 7.40. The molecule has 5 amide bonds. The first-order valence-electron chi connectivity index (χ1n) is 16.5. The van der Waals surface area contributed by atoms with Crippen LogP contribution in [0.3, 0.4) is 0 Å². The van der Waals surface area contributed by atoms with Crippen LogP contribution in [0.1, 0.15) is 56.0 Å². The summed E-state index contributed by atoms with van der Waals surface area (Å²) in [4.78, 5) is 98.3. The first kappa shape index (κ1) is 33.2. The van der Waals surface area contributed by atoms with Gasteiger partial charge in [-0.1, -0.05) is 11.3 Å². The Morgan fingerprint density at radius 3 is 2.34 bits per heavy atom. The highest BCUT2D eigenvalue weighted by Gasteiger charge is 2.45. The summed E-state index contributed by atoms with van der Waals surface area (Å²) >= 11 is 1.27. The van der Waals surface area contributed by atoms with Gasteiger partial charge < -0.3 is 20.0 Å². The number of hydrogen-bond acceptors (Lipinski definition) is 14. The maximum Gasteiger partial charge on any atom is 0.262 e. The second kappa shape index (κ2) is 13.5. The van der Waals surface area contributed by atoms with Gasteiger partial charge in [0, 0.05) is 77.5 Å². The lowest BCUT2D eigenvalue weighted by molar-refractivity contribution is -0.136. The molecule has 6 heterocycles. The molecule has 0 radical (unpaired) electrons. The number of Topliss-reactive ketones (excluding diaryl/α,β-unsaturated/α-hetero) is 1. The number of amides is 5. The Hall–Kier alpha value is -5.29. The zero-order chi connectivity index (χ0) is 35.1. The van der Waals surface area contributed by atoms with Gasteiger partial charge in [-0.05, 0) is 31.5 Å². The van der Waals surface area contributed by atoms with Crippen molar-refractivity contribution in [2.45, 2.75) is 32.7 Å². The molecule has 1 aromatic carbocycles. The lowest BCUT2D eigenvalue weighted by atomic mass is 10.0. The predicted molar refractivity (Wildman–Crippen MR) is 183 cm³/mol. The molecule has 4 aliphatic rings. The van der Waals surface area contributed by atoms with Gasteiger partial charge >= 0.3 is 0 Å². The van der Waals surface area contributed by atoms with Crippen molar-refractivity contribution < 1.29 is 28.8 Å². The predicted octanol–water partition coefficient (Wildman–Crippen LogP) is 1.06. The van der Waals surface area contributed by atoms with E-state index in [0.717, 1.165) is 16.4 Å². The average molecular weight is 701 g/mol. The summed E-state index contributed by atoms with van der Waals surface area (Å²) in [7, 11) is 0. The highest BCUT2D eigenvalue weighted by atomic mass is 32.1. The number of nitrogens with zero attached hydrogens (tertiary/aromatic N) is 8. The topological polar surface area (TPSA) is 181 Å². The van der Waals surface area contributed by atoms with E-state index in [9.17, 15) is 28.8 Å². The molecule has 1 atom stereocenters. The Labute approximate surface area is 291 Å². The molecule has 2 N–H and O–H groups in total. The summed E-state index contributed by atoms with van der Waals surface area (Å²) in [5.41, 5.74) is 1.25. The van der Waals surface area contributed by atoms with Crippen molar-refractivity contribution in [1.82, 2.24) is 35.0 Å². The number of anilines is 4. The molecule has 3 fully saturated rings. The molecule has 4 aliphatic heterocycles. The summed E-state index contributed by atoms with van der Waals surface area (Å²) in [6.45, 7) is 8.62. The fourth-order valence-electron chi connectivity index (χ4n) is 6.68. The monoisotopic (exact) mass is 700 g/mol. The van der Waals surface area contributed by atoms with Crippen molar-refractivity contribution in [1.29, 1.82) is 0 Å². The van der Waals surface area contributed by atoms with E-state index >= 15 is 0 Å². The number of aromatic nitrogens is 3. The Bertz CT molecular complexity index is 1900. The molecule has 0 bridgehead atoms. The SMILES string of the molecule is CC(=O)c1cnc(Nc2cc(N3CCN(CC(=O)N4CCN(c5ccc6c(c5)C(=O)N(C5CCC(=O)NC5=O)C6=O)CC4)CC3)nc(C)n2)s1. The largest absolute Gasteiger partial charge is 0.368 e. The second-order valence-corrected chi connectivity index (χ2v) is 13.7. The van der Waals surface area contributed by atoms with Crippen molar-refractivity contribution in [2.75, 3.05) is 74.0 Å². The van der Waals surface area contributed by atoms with Crippen LogP contribution in [0.15, 0.2) is 30.5 Å². The molecule has 0 saturated carbocycles. The number of rotatable bonds is 8. The molecule has 50 heavy (non-hydrogen) atoms. The number of ketones is 1. The molecule has 7 rings (SSSR count). The van der Waals surface area contributed by atoms with Crippen molar-refractivity contribution in [2.24, 2.45) is 0 Å². The number of piperazine rings is 2. The van der Waals surface area contributed by atoms with Crippen LogP contribution in [0.2, 0.25) is 0 Å². The van der Waals surface area contributed by atoms with Gasteiger partial charge in [-0.25, -0.2) is 15.0 Å². The summed E-state index contributed by atoms with van der Waals surface area (Å²) in [6.07, 6.45) is 1.72. The molecule has 260 valence electrons. The Balaban J connectivity index is 0.899. The van der Waals surface area contributed by atoms with Gasteiger partial charge in [-0.15, -0.1) is 0 Å². The van der Waals surface area contributed by atoms with E-state index < -0.39 is 29.7 Å². The first-order chi connectivity index (χ1) is 24.0. The third-order valence-corrected chi connectivity index (χ3v) is 10.4. The Morgan fingerprint density at radius 1 is 0.920 bits per heavy atom. The van der Waals surface area contributed by atoms with E-state index in [1.165, 1.54) is 18.3 Å². The zero-order valence-corrected chi connectivity index (χ0v) is 28.5. The lowest BCUT2D eigenvalue weighted by Crippen LogP contribution is -2.54. The molecule has 3 aromatic rings. The molecule has 16 nitrogen and oxygen atoms in total. The Kier molecular flexibility index (Phi) is 9.00. The van der Waals surface area contributed by atoms with Crippen LogP contribution in [0.25, 0.3) is 0 Å². The molecule has 1 unspecified atom stereocenters. The van der Waals surface area contributed by atoms with Crippen LogP contribution in [-0.2, 0) is 14.4 Å². The van der Waals surface area contributed by atoms with Crippen molar-refractivity contribution >= 4 is 69.1 Å². The van der Waals surface area contributed by atoms with Gasteiger partial charge in [0.1, 0.15) is 23.5 Å². The summed E-state index contributed by atoms with van der Waals surface area (Å²) in [5, 5.41) is 5.97. The van der Waals surface area contributed by atoms with Crippen LogP contribution in [0, 0.1) is 6.92 Å². The number of hydrogen-bond donors (Lipinski definition) is 2. The molecule has 0 aliphatic carbocycles. The van der Waals surface area contributed by atoms with E-state index in [1.54, 1.807) is 24.4 Å². The van der Waals surface area contributed by atoms with Crippen LogP contribution >= 0.6 is 11.3 Å². The number of fused-ring (bicyclic) bond motifs is 1. The van der Waals surface area contributed by atoms with Crippen molar-refractivity contribution in [3.63, 3.8) is 0 Å². The quantitative estimate of drug-likeness (QED) is 0.252. The van der Waals surface area contributed by atoms with Gasteiger partial charge in [0.05, 0.1) is 28.7 Å². The van der Waals surface area contributed by atoms with Crippen LogP contribution < -0.4 is 20.4 Å². The highest BCUT2D eigenvalue weighted by molar-refractivity contribution is 7.17. The molecule has 2 aromatic heterocycles. The fraction of sp³-hybridized carbons (Fsp3) is 0.424. The summed E-state index contributed by atoms with van der Waals surface area (Å²) < 4.78 is 0. The maximum atomic E-state index is 13.3. The van der Waals surface area contributed by atoms with Gasteiger partial charge in [0.15, 0.2) is 10.9 Å². The average Bonchev–Trinajstić information content (AvgIpc) is 3.67. The van der Waals surface area contributed by atoms with Crippen LogP contribution in [-0.4, -0.2) is 130 Å². The highest BCUT2D eigenvalue weighted by Crippen LogP contribution is 2.31. The third-order valence-electron chi connectivity index (χ3n) is 9.39. The second-order valence-electron chi connectivity index (χ2n) is 12.7. The summed E-state index contributed by atoms with van der Waals surface area (Å²) in [6, 6.07) is 5.94. The number of nitrogens with one attached hydrogen (secondary N) is 2. The number of imide groups is 2. The molecular weight excluding hydrogens is 664 g/mol. The molecule has 17 heteroatoms. The van der Waals surface area contributed by atoms with Crippen molar-refractivity contribution in [3.8, 4) is 0 Å². The van der Waals surface area contributed by atoms with Crippen LogP contribution in [0.5, 0.6) is 0 Å². The van der Waals surface area contributed by atoms with E-state index in [-0.39, 0.29) is 35.7 Å². The Morgan fingerprint density at radius 2 is 1.64 bits per heavy atom. The molecular formula is C33H36N10O6S. The van der Waals surface area contributed by atoms with Gasteiger partial charge in [0.25, 0.3) is 11.8 Å².